The molecule has 0 atom stereocenters. The van der Waals surface area contributed by atoms with Gasteiger partial charge in [0.2, 0.25) is 0 Å². The van der Waals surface area contributed by atoms with E-state index in [1.54, 1.807) is 18.3 Å². The standard InChI is InChI=1S/C8H6ClN3/c1-2-6-7(9)3-4-11-8(6)12-5-10/h2-4H,1H2,(H,11,12). The molecule has 1 N–H and O–H groups in total. The lowest BCUT2D eigenvalue weighted by Gasteiger charge is -2.02. The molecule has 1 aromatic rings. The molecule has 0 saturated carbocycles. The minimum absolute atomic E-state index is 0.431. The number of hydrogen-bond donors (Lipinski definition) is 1. The van der Waals surface area contributed by atoms with Crippen LogP contribution in [0.5, 0.6) is 0 Å². The fraction of sp³-hybridized carbons (Fsp3) is 0. The molecule has 0 aromatic carbocycles. The lowest BCUT2D eigenvalue weighted by Crippen LogP contribution is -1.94. The molecule has 12 heavy (non-hydrogen) atoms. The molecule has 0 fully saturated rings. The molecule has 0 aliphatic rings. The van der Waals surface area contributed by atoms with Crippen LogP contribution in [0, 0.1) is 11.5 Å². The third-order valence-electron chi connectivity index (χ3n) is 1.32. The van der Waals surface area contributed by atoms with Crippen molar-refractivity contribution in [3.63, 3.8) is 0 Å². The quantitative estimate of drug-likeness (QED) is 0.560. The fourth-order valence-electron chi connectivity index (χ4n) is 0.796. The zero-order valence-corrected chi connectivity index (χ0v) is 6.97. The van der Waals surface area contributed by atoms with E-state index in [9.17, 15) is 0 Å². The van der Waals surface area contributed by atoms with E-state index in [1.807, 2.05) is 0 Å². The number of anilines is 1. The van der Waals surface area contributed by atoms with Crippen LogP contribution in [0.15, 0.2) is 18.8 Å². The summed E-state index contributed by atoms with van der Waals surface area (Å²) in [5, 5.41) is 11.3. The van der Waals surface area contributed by atoms with Gasteiger partial charge in [0.15, 0.2) is 6.19 Å². The van der Waals surface area contributed by atoms with Gasteiger partial charge >= 0.3 is 0 Å². The largest absolute Gasteiger partial charge is 0.276 e. The van der Waals surface area contributed by atoms with Crippen LogP contribution in [0.3, 0.4) is 0 Å². The Balaban J connectivity index is 3.19. The summed E-state index contributed by atoms with van der Waals surface area (Å²) in [5.74, 6) is 0.431. The molecule has 0 unspecified atom stereocenters. The van der Waals surface area contributed by atoms with Crippen molar-refractivity contribution >= 4 is 23.5 Å². The lowest BCUT2D eigenvalue weighted by molar-refractivity contribution is 1.29. The fourth-order valence-corrected chi connectivity index (χ4v) is 1.02. The Morgan fingerprint density at radius 3 is 3.08 bits per heavy atom. The number of nitrogens with one attached hydrogen (secondary N) is 1. The van der Waals surface area contributed by atoms with E-state index in [0.717, 1.165) is 0 Å². The van der Waals surface area contributed by atoms with E-state index in [0.29, 0.717) is 16.4 Å². The van der Waals surface area contributed by atoms with Crippen LogP contribution in [-0.2, 0) is 0 Å². The molecular weight excluding hydrogens is 174 g/mol. The molecule has 0 aliphatic heterocycles. The van der Waals surface area contributed by atoms with Gasteiger partial charge in [-0.15, -0.1) is 0 Å². The van der Waals surface area contributed by atoms with Gasteiger partial charge < -0.3 is 0 Å². The summed E-state index contributed by atoms with van der Waals surface area (Å²) in [5.41, 5.74) is 0.640. The monoisotopic (exact) mass is 179 g/mol. The molecule has 0 bridgehead atoms. The van der Waals surface area contributed by atoms with Crippen LogP contribution >= 0.6 is 11.6 Å². The maximum atomic E-state index is 8.35. The number of hydrogen-bond acceptors (Lipinski definition) is 3. The van der Waals surface area contributed by atoms with Crippen LogP contribution in [-0.4, -0.2) is 4.98 Å². The van der Waals surface area contributed by atoms with Gasteiger partial charge in [-0.05, 0) is 6.07 Å². The number of nitriles is 1. The van der Waals surface area contributed by atoms with Gasteiger partial charge in [0.25, 0.3) is 0 Å². The Kier molecular flexibility index (Phi) is 2.67. The van der Waals surface area contributed by atoms with Crippen molar-refractivity contribution in [2.45, 2.75) is 0 Å². The zero-order chi connectivity index (χ0) is 8.97. The molecule has 60 valence electrons. The van der Waals surface area contributed by atoms with Gasteiger partial charge in [-0.3, -0.25) is 5.32 Å². The summed E-state index contributed by atoms with van der Waals surface area (Å²) in [6.45, 7) is 3.56. The van der Waals surface area contributed by atoms with Crippen molar-refractivity contribution in [3.8, 4) is 6.19 Å². The summed E-state index contributed by atoms with van der Waals surface area (Å²) >= 11 is 5.80. The van der Waals surface area contributed by atoms with Gasteiger partial charge in [-0.25, -0.2) is 4.98 Å². The van der Waals surface area contributed by atoms with Gasteiger partial charge in [-0.1, -0.05) is 24.3 Å². The van der Waals surface area contributed by atoms with Crippen LogP contribution < -0.4 is 5.32 Å². The Hall–Kier alpha value is -1.53. The Labute approximate surface area is 75.3 Å². The van der Waals surface area contributed by atoms with Crippen LogP contribution in [0.4, 0.5) is 5.82 Å². The number of nitrogens with zero attached hydrogens (tertiary/aromatic N) is 2. The highest BCUT2D eigenvalue weighted by molar-refractivity contribution is 6.32. The zero-order valence-electron chi connectivity index (χ0n) is 6.21. The van der Waals surface area contributed by atoms with Gasteiger partial charge in [-0.2, -0.15) is 5.26 Å². The normalized spacial score (nSPS) is 8.67. The highest BCUT2D eigenvalue weighted by Crippen LogP contribution is 2.22. The number of halogens is 1. The molecule has 1 rings (SSSR count). The first-order valence-corrected chi connectivity index (χ1v) is 3.59. The van der Waals surface area contributed by atoms with E-state index in [4.69, 9.17) is 16.9 Å². The average molecular weight is 180 g/mol. The van der Waals surface area contributed by atoms with Crippen molar-refractivity contribution in [1.82, 2.24) is 4.98 Å². The van der Waals surface area contributed by atoms with Crippen molar-refractivity contribution in [2.24, 2.45) is 0 Å². The first-order valence-electron chi connectivity index (χ1n) is 3.21. The highest BCUT2D eigenvalue weighted by Gasteiger charge is 2.02. The van der Waals surface area contributed by atoms with Crippen molar-refractivity contribution in [1.29, 1.82) is 5.26 Å². The summed E-state index contributed by atoms with van der Waals surface area (Å²) < 4.78 is 0. The van der Waals surface area contributed by atoms with Crippen molar-refractivity contribution in [3.05, 3.63) is 29.4 Å². The number of pyridine rings is 1. The maximum absolute atomic E-state index is 8.35. The summed E-state index contributed by atoms with van der Waals surface area (Å²) in [4.78, 5) is 3.91. The van der Waals surface area contributed by atoms with Crippen molar-refractivity contribution < 1.29 is 0 Å². The molecule has 3 nitrogen and oxygen atoms in total. The Morgan fingerprint density at radius 2 is 2.50 bits per heavy atom. The molecule has 0 spiro atoms. The minimum Gasteiger partial charge on any atom is -0.276 e. The van der Waals surface area contributed by atoms with Crippen molar-refractivity contribution in [2.75, 3.05) is 5.32 Å². The molecule has 0 saturated heterocycles. The third kappa shape index (κ3) is 1.55. The maximum Gasteiger partial charge on any atom is 0.182 e. The van der Waals surface area contributed by atoms with E-state index < -0.39 is 0 Å². The molecule has 1 heterocycles. The third-order valence-corrected chi connectivity index (χ3v) is 1.64. The second-order valence-corrected chi connectivity index (χ2v) is 2.40. The Morgan fingerprint density at radius 1 is 1.75 bits per heavy atom. The van der Waals surface area contributed by atoms with E-state index in [2.05, 4.69) is 16.9 Å². The number of rotatable bonds is 2. The van der Waals surface area contributed by atoms with E-state index in [1.165, 1.54) is 6.20 Å². The first-order chi connectivity index (χ1) is 5.79. The number of aromatic nitrogens is 1. The molecule has 4 heteroatoms. The van der Waals surface area contributed by atoms with Gasteiger partial charge in [0, 0.05) is 11.8 Å². The van der Waals surface area contributed by atoms with Crippen LogP contribution in [0.2, 0.25) is 5.02 Å². The SMILES string of the molecule is C=Cc1c(Cl)ccnc1NC#N. The average Bonchev–Trinajstić information content (AvgIpc) is 2.05. The van der Waals surface area contributed by atoms with Crippen LogP contribution in [0.25, 0.3) is 6.08 Å². The second kappa shape index (κ2) is 3.74. The predicted molar refractivity (Wildman–Crippen MR) is 48.6 cm³/mol. The van der Waals surface area contributed by atoms with Gasteiger partial charge in [0.05, 0.1) is 5.02 Å². The molecular formula is C8H6ClN3. The minimum atomic E-state index is 0.431. The molecule has 0 aliphatic carbocycles. The van der Waals surface area contributed by atoms with Gasteiger partial charge in [0.1, 0.15) is 5.82 Å². The first kappa shape index (κ1) is 8.57. The highest BCUT2D eigenvalue weighted by atomic mass is 35.5. The lowest BCUT2D eigenvalue weighted by atomic mass is 10.2. The molecule has 0 radical (unpaired) electrons. The van der Waals surface area contributed by atoms with E-state index >= 15 is 0 Å². The Bertz CT molecular complexity index is 341. The van der Waals surface area contributed by atoms with E-state index in [-0.39, 0.29) is 0 Å². The summed E-state index contributed by atoms with van der Waals surface area (Å²) in [6, 6.07) is 1.64. The molecule has 0 amide bonds. The smallest absolute Gasteiger partial charge is 0.182 e. The summed E-state index contributed by atoms with van der Waals surface area (Å²) in [7, 11) is 0. The molecule has 1 aromatic heterocycles. The van der Waals surface area contributed by atoms with Crippen LogP contribution in [0.1, 0.15) is 5.56 Å². The summed E-state index contributed by atoms with van der Waals surface area (Å²) in [6.07, 6.45) is 4.84. The second-order valence-electron chi connectivity index (χ2n) is 2.00. The topological polar surface area (TPSA) is 48.7 Å². The predicted octanol–water partition coefficient (Wildman–Crippen LogP) is 2.27.